The molecule has 0 saturated carbocycles. The summed E-state index contributed by atoms with van der Waals surface area (Å²) in [5.41, 5.74) is 3.22. The Bertz CT molecular complexity index is 1120. The zero-order chi connectivity index (χ0) is 21.6. The van der Waals surface area contributed by atoms with Crippen LogP contribution in [0, 0.1) is 22.7 Å². The average Bonchev–Trinajstić information content (AvgIpc) is 2.81. The van der Waals surface area contributed by atoms with Crippen LogP contribution in [0.25, 0.3) is 11.1 Å². The predicted octanol–water partition coefficient (Wildman–Crippen LogP) is 5.22. The molecule has 3 aromatic rings. The topological polar surface area (TPSA) is 75.7 Å². The molecule has 1 aliphatic heterocycles. The number of hydrogen-bond acceptors (Lipinski definition) is 5. The second kappa shape index (κ2) is 9.62. The van der Waals surface area contributed by atoms with Crippen molar-refractivity contribution in [1.29, 1.82) is 10.5 Å². The number of hydrogen-bond donors (Lipinski definition) is 1. The molecular formula is C25H22ClN5. The summed E-state index contributed by atoms with van der Waals surface area (Å²) in [6.07, 6.45) is 1.88. The summed E-state index contributed by atoms with van der Waals surface area (Å²) < 4.78 is 0. The van der Waals surface area contributed by atoms with Gasteiger partial charge in [-0.25, -0.2) is 4.98 Å². The van der Waals surface area contributed by atoms with Gasteiger partial charge >= 0.3 is 0 Å². The lowest BCUT2D eigenvalue weighted by Crippen LogP contribution is -2.39. The van der Waals surface area contributed by atoms with Gasteiger partial charge in [-0.05, 0) is 24.0 Å². The molecule has 0 bridgehead atoms. The SMILES string of the molecule is N#Cc1c(Cl)nc(NC2CCN(Cc3ccccc3)CC2)c(C#N)c1-c1ccccc1. The lowest BCUT2D eigenvalue weighted by molar-refractivity contribution is 0.211. The Kier molecular flexibility index (Phi) is 6.48. The first kappa shape index (κ1) is 20.9. The maximum Gasteiger partial charge on any atom is 0.149 e. The summed E-state index contributed by atoms with van der Waals surface area (Å²) in [6.45, 7) is 2.87. The number of aromatic nitrogens is 1. The van der Waals surface area contributed by atoms with E-state index in [1.165, 1.54) is 5.56 Å². The molecule has 154 valence electrons. The van der Waals surface area contributed by atoms with E-state index in [2.05, 4.69) is 51.6 Å². The van der Waals surface area contributed by atoms with Crippen molar-refractivity contribution < 1.29 is 0 Å². The van der Waals surface area contributed by atoms with Crippen molar-refractivity contribution in [2.75, 3.05) is 18.4 Å². The van der Waals surface area contributed by atoms with E-state index >= 15 is 0 Å². The first-order valence-corrected chi connectivity index (χ1v) is 10.7. The van der Waals surface area contributed by atoms with Crippen LogP contribution in [0.4, 0.5) is 5.82 Å². The van der Waals surface area contributed by atoms with E-state index in [1.807, 2.05) is 36.4 Å². The lowest BCUT2D eigenvalue weighted by atomic mass is 9.96. The Morgan fingerprint density at radius 3 is 2.16 bits per heavy atom. The number of nitriles is 2. The summed E-state index contributed by atoms with van der Waals surface area (Å²) in [7, 11) is 0. The van der Waals surface area contributed by atoms with Crippen LogP contribution in [0.3, 0.4) is 0 Å². The molecule has 4 rings (SSSR count). The van der Waals surface area contributed by atoms with E-state index < -0.39 is 0 Å². The molecule has 6 heteroatoms. The van der Waals surface area contributed by atoms with E-state index in [0.717, 1.165) is 38.0 Å². The first-order valence-electron chi connectivity index (χ1n) is 10.3. The van der Waals surface area contributed by atoms with Gasteiger partial charge < -0.3 is 5.32 Å². The Hall–Kier alpha value is -3.38. The summed E-state index contributed by atoms with van der Waals surface area (Å²) >= 11 is 6.35. The molecule has 1 aliphatic rings. The number of rotatable bonds is 5. The van der Waals surface area contributed by atoms with Crippen molar-refractivity contribution in [3.05, 3.63) is 82.5 Å². The van der Waals surface area contributed by atoms with Gasteiger partial charge in [-0.1, -0.05) is 72.3 Å². The van der Waals surface area contributed by atoms with Crippen LogP contribution in [-0.4, -0.2) is 29.0 Å². The van der Waals surface area contributed by atoms with Gasteiger partial charge in [0.1, 0.15) is 28.7 Å². The molecule has 2 aromatic carbocycles. The average molecular weight is 428 g/mol. The molecule has 2 heterocycles. The third-order valence-corrected chi connectivity index (χ3v) is 5.89. The van der Waals surface area contributed by atoms with Crippen LogP contribution in [0.5, 0.6) is 0 Å². The predicted molar refractivity (Wildman–Crippen MR) is 122 cm³/mol. The van der Waals surface area contributed by atoms with Gasteiger partial charge in [-0.3, -0.25) is 4.90 Å². The van der Waals surface area contributed by atoms with Gasteiger partial charge in [-0.15, -0.1) is 0 Å². The van der Waals surface area contributed by atoms with Gasteiger partial charge in [0.15, 0.2) is 0 Å². The second-order valence-electron chi connectivity index (χ2n) is 7.65. The summed E-state index contributed by atoms with van der Waals surface area (Å²) in [5.74, 6) is 0.451. The lowest BCUT2D eigenvalue weighted by Gasteiger charge is -2.33. The highest BCUT2D eigenvalue weighted by molar-refractivity contribution is 6.31. The van der Waals surface area contributed by atoms with Gasteiger partial charge in [-0.2, -0.15) is 10.5 Å². The molecule has 31 heavy (non-hydrogen) atoms. The van der Waals surface area contributed by atoms with E-state index in [0.29, 0.717) is 16.9 Å². The van der Waals surface area contributed by atoms with Crippen LogP contribution < -0.4 is 5.32 Å². The fourth-order valence-corrected chi connectivity index (χ4v) is 4.26. The van der Waals surface area contributed by atoms with Crippen molar-refractivity contribution in [2.24, 2.45) is 0 Å². The second-order valence-corrected chi connectivity index (χ2v) is 8.00. The number of piperidine rings is 1. The molecule has 1 fully saturated rings. The van der Waals surface area contributed by atoms with E-state index in [-0.39, 0.29) is 16.8 Å². The molecular weight excluding hydrogens is 406 g/mol. The largest absolute Gasteiger partial charge is 0.366 e. The van der Waals surface area contributed by atoms with Gasteiger partial charge in [0.05, 0.1) is 5.56 Å². The van der Waals surface area contributed by atoms with E-state index in [4.69, 9.17) is 11.6 Å². The highest BCUT2D eigenvalue weighted by Gasteiger charge is 2.24. The molecule has 1 N–H and O–H groups in total. The monoisotopic (exact) mass is 427 g/mol. The number of nitrogens with zero attached hydrogens (tertiary/aromatic N) is 4. The third kappa shape index (κ3) is 4.70. The number of nitrogens with one attached hydrogen (secondary N) is 1. The highest BCUT2D eigenvalue weighted by atomic mass is 35.5. The maximum absolute atomic E-state index is 9.92. The Morgan fingerprint density at radius 1 is 0.935 bits per heavy atom. The van der Waals surface area contributed by atoms with Gasteiger partial charge in [0, 0.05) is 31.2 Å². The van der Waals surface area contributed by atoms with E-state index in [9.17, 15) is 10.5 Å². The van der Waals surface area contributed by atoms with Crippen LogP contribution in [0.2, 0.25) is 5.15 Å². The van der Waals surface area contributed by atoms with Crippen molar-refractivity contribution in [1.82, 2.24) is 9.88 Å². The molecule has 0 spiro atoms. The number of pyridine rings is 1. The number of anilines is 1. The molecule has 1 saturated heterocycles. The van der Waals surface area contributed by atoms with Crippen LogP contribution in [0.15, 0.2) is 60.7 Å². The Morgan fingerprint density at radius 2 is 1.55 bits per heavy atom. The summed E-state index contributed by atoms with van der Waals surface area (Å²) in [6, 6.07) is 24.4. The number of benzene rings is 2. The molecule has 0 amide bonds. The normalized spacial score (nSPS) is 14.5. The van der Waals surface area contributed by atoms with Crippen LogP contribution in [0.1, 0.15) is 29.5 Å². The first-order chi connectivity index (χ1) is 15.2. The summed E-state index contributed by atoms with van der Waals surface area (Å²) in [5, 5.41) is 23.1. The Labute approximate surface area is 187 Å². The van der Waals surface area contributed by atoms with Gasteiger partial charge in [0.25, 0.3) is 0 Å². The summed E-state index contributed by atoms with van der Waals surface area (Å²) in [4.78, 5) is 6.82. The third-order valence-electron chi connectivity index (χ3n) is 5.62. The minimum atomic E-state index is 0.115. The highest BCUT2D eigenvalue weighted by Crippen LogP contribution is 2.35. The van der Waals surface area contributed by atoms with Gasteiger partial charge in [0.2, 0.25) is 0 Å². The smallest absolute Gasteiger partial charge is 0.149 e. The fraction of sp³-hybridized carbons (Fsp3) is 0.240. The Balaban J connectivity index is 1.54. The fourth-order valence-electron chi connectivity index (χ4n) is 4.04. The minimum Gasteiger partial charge on any atom is -0.366 e. The zero-order valence-corrected chi connectivity index (χ0v) is 17.8. The zero-order valence-electron chi connectivity index (χ0n) is 17.1. The number of likely N-dealkylation sites (tertiary alicyclic amines) is 1. The van der Waals surface area contributed by atoms with Crippen molar-refractivity contribution in [3.63, 3.8) is 0 Å². The van der Waals surface area contributed by atoms with Crippen molar-refractivity contribution >= 4 is 17.4 Å². The molecule has 0 aliphatic carbocycles. The molecule has 0 radical (unpaired) electrons. The quantitative estimate of drug-likeness (QED) is 0.565. The van der Waals surface area contributed by atoms with Crippen LogP contribution >= 0.6 is 11.6 Å². The number of halogens is 1. The molecule has 0 atom stereocenters. The van der Waals surface area contributed by atoms with E-state index in [1.54, 1.807) is 0 Å². The van der Waals surface area contributed by atoms with Crippen molar-refractivity contribution in [2.45, 2.75) is 25.4 Å². The molecule has 5 nitrogen and oxygen atoms in total. The maximum atomic E-state index is 9.92. The van der Waals surface area contributed by atoms with Crippen LogP contribution in [-0.2, 0) is 6.54 Å². The molecule has 0 unspecified atom stereocenters. The standard InChI is InChI=1S/C25H22ClN5/c26-24-21(15-27)23(19-9-5-2-6-10-19)22(16-28)25(30-24)29-20-11-13-31(14-12-20)17-18-7-3-1-4-8-18/h1-10,20H,11-14,17H2,(H,29,30). The van der Waals surface area contributed by atoms with Crippen molar-refractivity contribution in [3.8, 4) is 23.3 Å². The minimum absolute atomic E-state index is 0.115. The molecule has 1 aromatic heterocycles.